The fourth-order valence-electron chi connectivity index (χ4n) is 18.0. The summed E-state index contributed by atoms with van der Waals surface area (Å²) in [5.41, 5.74) is 15.3. The van der Waals surface area contributed by atoms with Crippen molar-refractivity contribution in [3.63, 3.8) is 0 Å². The van der Waals surface area contributed by atoms with Gasteiger partial charge >= 0.3 is 0 Å². The monoisotopic (exact) mass is 1440 g/mol. The van der Waals surface area contributed by atoms with Crippen LogP contribution >= 0.6 is 45.3 Å². The largest absolute Gasteiger partial charge is 0.135 e. The van der Waals surface area contributed by atoms with E-state index in [2.05, 4.69) is 364 Å². The van der Waals surface area contributed by atoms with Crippen molar-refractivity contribution in [1.29, 1.82) is 0 Å². The predicted octanol–water partition coefficient (Wildman–Crippen LogP) is 32.1. The molecule has 500 valence electrons. The first-order chi connectivity index (χ1) is 53.5. The van der Waals surface area contributed by atoms with E-state index in [1.165, 1.54) is 234 Å². The van der Waals surface area contributed by atoms with Crippen molar-refractivity contribution in [1.82, 2.24) is 0 Å². The summed E-state index contributed by atoms with van der Waals surface area (Å²) in [4.78, 5) is 0. The highest BCUT2D eigenvalue weighted by Gasteiger charge is 2.24. The molecule has 4 aromatic heterocycles. The topological polar surface area (TPSA) is 0 Å². The lowest BCUT2D eigenvalue weighted by atomic mass is 9.85. The first kappa shape index (κ1) is 61.6. The Kier molecular flexibility index (Phi) is 14.0. The van der Waals surface area contributed by atoms with Gasteiger partial charge in [-0.1, -0.05) is 279 Å². The molecule has 0 atom stereocenters. The molecule has 0 spiro atoms. The standard InChI is InChI=1S/2C52H30S2/c1-2-12-32-28-35-29-34(26-25-33(35)27-31(32)11-1)50-40-17-7-15-36(42-19-9-21-44-38-13-3-5-23-48(38)53-51(42)44)46(40)30-47-37(16-8-18-41(47)50)43-20-10-22-45-39-14-4-6-24-49(39)54-52(43)45;1-2-12-32-28-35-29-34(26-25-33(35)27-31(32)11-1)50-40-17-7-15-36(38-19-9-23-48-51(38)42-13-3-5-21-46(42)53-48)44(40)30-45-37(16-8-18-41(45)50)39-20-10-24-49-52(39)43-14-4-6-22-47(43)54-49/h2*1-30H. The normalized spacial score (nSPS) is 12.1. The van der Waals surface area contributed by atoms with E-state index < -0.39 is 0 Å². The number of rotatable bonds is 6. The van der Waals surface area contributed by atoms with Crippen LogP contribution in [0, 0.1) is 0 Å². The van der Waals surface area contributed by atoms with Crippen molar-refractivity contribution in [2.24, 2.45) is 0 Å². The van der Waals surface area contributed by atoms with Crippen molar-refractivity contribution in [3.05, 3.63) is 364 Å². The first-order valence-corrected chi connectivity index (χ1v) is 40.3. The van der Waals surface area contributed by atoms with Crippen molar-refractivity contribution >= 4 is 212 Å². The van der Waals surface area contributed by atoms with Gasteiger partial charge in [0, 0.05) is 91.8 Å². The Bertz CT molecular complexity index is 7610. The van der Waals surface area contributed by atoms with Crippen molar-refractivity contribution in [3.8, 4) is 66.8 Å². The quantitative estimate of drug-likeness (QED) is 0.146. The van der Waals surface area contributed by atoms with Crippen molar-refractivity contribution in [2.75, 3.05) is 0 Å². The van der Waals surface area contributed by atoms with Crippen LogP contribution in [0.25, 0.3) is 234 Å². The van der Waals surface area contributed by atoms with Gasteiger partial charge in [-0.05, 0) is 227 Å². The van der Waals surface area contributed by atoms with E-state index >= 15 is 0 Å². The van der Waals surface area contributed by atoms with E-state index in [-0.39, 0.29) is 0 Å². The van der Waals surface area contributed by atoms with Crippen LogP contribution in [0.4, 0.5) is 0 Å². The van der Waals surface area contributed by atoms with Gasteiger partial charge in [0.1, 0.15) is 0 Å². The van der Waals surface area contributed by atoms with E-state index in [1.54, 1.807) is 0 Å². The molecule has 4 heterocycles. The number of benzene rings is 20. The number of hydrogen-bond donors (Lipinski definition) is 0. The zero-order valence-electron chi connectivity index (χ0n) is 58.3. The Morgan fingerprint density at radius 2 is 0.407 bits per heavy atom. The minimum absolute atomic E-state index is 1.24. The highest BCUT2D eigenvalue weighted by atomic mass is 32.1. The molecule has 0 aliphatic heterocycles. The van der Waals surface area contributed by atoms with Gasteiger partial charge in [-0.15, -0.1) is 45.3 Å². The fourth-order valence-corrected chi connectivity index (χ4v) is 22.7. The Balaban J connectivity index is 0.000000130. The average Bonchev–Trinajstić information content (AvgIpc) is 0.884. The zero-order valence-corrected chi connectivity index (χ0v) is 61.5. The third-order valence-corrected chi connectivity index (χ3v) is 27.6. The minimum Gasteiger partial charge on any atom is -0.135 e. The maximum absolute atomic E-state index is 2.49. The summed E-state index contributed by atoms with van der Waals surface area (Å²) in [6.07, 6.45) is 0. The summed E-state index contributed by atoms with van der Waals surface area (Å²) in [5, 5.41) is 30.9. The first-order valence-electron chi connectivity index (χ1n) is 37.0. The summed E-state index contributed by atoms with van der Waals surface area (Å²) in [6.45, 7) is 0. The summed E-state index contributed by atoms with van der Waals surface area (Å²) >= 11 is 7.57. The van der Waals surface area contributed by atoms with Crippen molar-refractivity contribution in [2.45, 2.75) is 0 Å². The second-order valence-corrected chi connectivity index (χ2v) is 33.0. The SMILES string of the molecule is c1ccc2cc3cc(-c4c5cccc(-c6cccc7c6sc6ccccc67)c5cc5c(-c6cccc7c6sc6ccccc67)cccc45)ccc3cc2c1.c1ccc2cc3cc(-c4c5cccc(-c6cccc7sc8ccccc8c67)c5cc5c(-c6cccc7sc8ccccc8c67)cccc45)ccc3cc2c1. The molecule has 0 radical (unpaired) electrons. The van der Waals surface area contributed by atoms with Gasteiger partial charge in [0.25, 0.3) is 0 Å². The van der Waals surface area contributed by atoms with Gasteiger partial charge in [0.05, 0.1) is 0 Å². The van der Waals surface area contributed by atoms with Crippen LogP contribution < -0.4 is 0 Å². The van der Waals surface area contributed by atoms with Gasteiger partial charge in [-0.3, -0.25) is 0 Å². The van der Waals surface area contributed by atoms with Crippen molar-refractivity contribution < 1.29 is 0 Å². The molecule has 24 aromatic rings. The molecule has 0 amide bonds. The van der Waals surface area contributed by atoms with E-state index in [9.17, 15) is 0 Å². The smallest absolute Gasteiger partial charge is 0.0434 e. The number of fused-ring (bicyclic) bond motifs is 20. The second kappa shape index (κ2) is 24.5. The summed E-state index contributed by atoms with van der Waals surface area (Å²) in [7, 11) is 0. The Hall–Kier alpha value is -12.6. The Morgan fingerprint density at radius 1 is 0.139 bits per heavy atom. The maximum Gasteiger partial charge on any atom is 0.0434 e. The molecule has 0 aliphatic carbocycles. The number of hydrogen-bond acceptors (Lipinski definition) is 4. The lowest BCUT2D eigenvalue weighted by Crippen LogP contribution is -1.91. The van der Waals surface area contributed by atoms with E-state index in [0.29, 0.717) is 0 Å². The van der Waals surface area contributed by atoms with E-state index in [4.69, 9.17) is 0 Å². The summed E-state index contributed by atoms with van der Waals surface area (Å²) in [5.74, 6) is 0. The molecule has 0 nitrogen and oxygen atoms in total. The molecular formula is C104H60S4. The Morgan fingerprint density at radius 3 is 0.796 bits per heavy atom. The molecule has 0 unspecified atom stereocenters. The lowest BCUT2D eigenvalue weighted by molar-refractivity contribution is 1.68. The highest BCUT2D eigenvalue weighted by molar-refractivity contribution is 7.27. The average molecular weight is 1440 g/mol. The fraction of sp³-hybridized carbons (Fsp3) is 0. The van der Waals surface area contributed by atoms with Crippen LogP contribution in [0.3, 0.4) is 0 Å². The zero-order chi connectivity index (χ0) is 70.7. The molecule has 108 heavy (non-hydrogen) atoms. The Labute approximate surface area is 637 Å². The maximum atomic E-state index is 2.49. The van der Waals surface area contributed by atoms with E-state index in [0.717, 1.165) is 0 Å². The molecule has 0 saturated heterocycles. The molecule has 0 bridgehead atoms. The molecule has 0 saturated carbocycles. The van der Waals surface area contributed by atoms with Gasteiger partial charge in [-0.25, -0.2) is 0 Å². The third kappa shape index (κ3) is 9.64. The second-order valence-electron chi connectivity index (χ2n) is 28.7. The predicted molar refractivity (Wildman–Crippen MR) is 477 cm³/mol. The third-order valence-electron chi connectivity index (χ3n) is 22.8. The van der Waals surface area contributed by atoms with Crippen LogP contribution in [-0.4, -0.2) is 0 Å². The van der Waals surface area contributed by atoms with Gasteiger partial charge in [0.15, 0.2) is 0 Å². The summed E-state index contributed by atoms with van der Waals surface area (Å²) < 4.78 is 10.6. The molecule has 0 N–H and O–H groups in total. The molecule has 4 heteroatoms. The highest BCUT2D eigenvalue weighted by Crippen LogP contribution is 2.52. The minimum atomic E-state index is 1.24. The molecule has 0 aliphatic rings. The van der Waals surface area contributed by atoms with Crippen LogP contribution in [0.2, 0.25) is 0 Å². The van der Waals surface area contributed by atoms with Gasteiger partial charge in [0.2, 0.25) is 0 Å². The van der Waals surface area contributed by atoms with Gasteiger partial charge < -0.3 is 0 Å². The molecule has 0 fully saturated rings. The van der Waals surface area contributed by atoms with Gasteiger partial charge in [-0.2, -0.15) is 0 Å². The molecule has 24 rings (SSSR count). The summed E-state index contributed by atoms with van der Waals surface area (Å²) in [6, 6.07) is 136. The molecular weight excluding hydrogens is 1380 g/mol. The number of thiophene rings is 4. The van der Waals surface area contributed by atoms with Crippen LogP contribution in [0.1, 0.15) is 0 Å². The van der Waals surface area contributed by atoms with Crippen LogP contribution in [0.15, 0.2) is 364 Å². The molecule has 20 aromatic carbocycles. The van der Waals surface area contributed by atoms with Crippen LogP contribution in [0.5, 0.6) is 0 Å². The lowest BCUT2D eigenvalue weighted by Gasteiger charge is -2.18. The van der Waals surface area contributed by atoms with Crippen LogP contribution in [-0.2, 0) is 0 Å². The van der Waals surface area contributed by atoms with E-state index in [1.807, 2.05) is 45.3 Å².